The van der Waals surface area contributed by atoms with Crippen molar-refractivity contribution in [2.45, 2.75) is 50.7 Å². The zero-order valence-electron chi connectivity index (χ0n) is 7.56. The van der Waals surface area contributed by atoms with Crippen LogP contribution in [0.3, 0.4) is 0 Å². The van der Waals surface area contributed by atoms with Gasteiger partial charge in [0.2, 0.25) is 0 Å². The molecule has 0 spiro atoms. The molecule has 1 aliphatic rings. The van der Waals surface area contributed by atoms with Crippen molar-refractivity contribution in [3.05, 3.63) is 0 Å². The monoisotopic (exact) mass is 157 g/mol. The average molecular weight is 157 g/mol. The van der Waals surface area contributed by atoms with Crippen molar-refractivity contribution in [3.8, 4) is 0 Å². The van der Waals surface area contributed by atoms with E-state index in [0.29, 0.717) is 6.04 Å². The predicted molar refractivity (Wildman–Crippen MR) is 46.6 cm³/mol. The van der Waals surface area contributed by atoms with Crippen LogP contribution in [-0.4, -0.2) is 23.8 Å². The SMILES string of the molecule is CN[C@H]1CCCCC[C@@]1(C)O. The Kier molecular flexibility index (Phi) is 2.90. The van der Waals surface area contributed by atoms with Crippen molar-refractivity contribution in [1.82, 2.24) is 5.32 Å². The highest BCUT2D eigenvalue weighted by molar-refractivity contribution is 4.88. The molecule has 0 amide bonds. The summed E-state index contributed by atoms with van der Waals surface area (Å²) in [5, 5.41) is 13.1. The van der Waals surface area contributed by atoms with Crippen LogP contribution in [0.5, 0.6) is 0 Å². The Morgan fingerprint density at radius 3 is 2.73 bits per heavy atom. The van der Waals surface area contributed by atoms with Crippen LogP contribution in [0.2, 0.25) is 0 Å². The molecule has 0 bridgehead atoms. The summed E-state index contributed by atoms with van der Waals surface area (Å²) >= 11 is 0. The lowest BCUT2D eigenvalue weighted by atomic mass is 9.92. The summed E-state index contributed by atoms with van der Waals surface area (Å²) < 4.78 is 0. The van der Waals surface area contributed by atoms with Gasteiger partial charge in [-0.25, -0.2) is 0 Å². The highest BCUT2D eigenvalue weighted by atomic mass is 16.3. The van der Waals surface area contributed by atoms with Crippen LogP contribution in [0, 0.1) is 0 Å². The van der Waals surface area contributed by atoms with Gasteiger partial charge in [0.25, 0.3) is 0 Å². The van der Waals surface area contributed by atoms with Gasteiger partial charge in [-0.3, -0.25) is 0 Å². The molecule has 2 nitrogen and oxygen atoms in total. The van der Waals surface area contributed by atoms with Crippen molar-refractivity contribution in [3.63, 3.8) is 0 Å². The molecule has 0 aromatic carbocycles. The van der Waals surface area contributed by atoms with Crippen LogP contribution in [0.15, 0.2) is 0 Å². The Hall–Kier alpha value is -0.0800. The summed E-state index contributed by atoms with van der Waals surface area (Å²) in [5.41, 5.74) is -0.481. The number of hydrogen-bond acceptors (Lipinski definition) is 2. The molecular formula is C9H19NO. The summed E-state index contributed by atoms with van der Waals surface area (Å²) in [6.45, 7) is 1.94. The molecule has 1 aliphatic carbocycles. The van der Waals surface area contributed by atoms with Gasteiger partial charge < -0.3 is 10.4 Å². The van der Waals surface area contributed by atoms with Gasteiger partial charge in [-0.2, -0.15) is 0 Å². The molecule has 0 aliphatic heterocycles. The molecule has 66 valence electrons. The fourth-order valence-electron chi connectivity index (χ4n) is 1.95. The van der Waals surface area contributed by atoms with Crippen LogP contribution >= 0.6 is 0 Å². The van der Waals surface area contributed by atoms with Gasteiger partial charge >= 0.3 is 0 Å². The van der Waals surface area contributed by atoms with Gasteiger partial charge in [0.15, 0.2) is 0 Å². The Morgan fingerprint density at radius 2 is 2.09 bits per heavy atom. The van der Waals surface area contributed by atoms with E-state index in [1.165, 1.54) is 19.3 Å². The third-order valence-corrected chi connectivity index (χ3v) is 2.77. The molecule has 1 saturated carbocycles. The van der Waals surface area contributed by atoms with E-state index in [1.54, 1.807) is 0 Å². The summed E-state index contributed by atoms with van der Waals surface area (Å²) in [5.74, 6) is 0. The zero-order valence-corrected chi connectivity index (χ0v) is 7.56. The topological polar surface area (TPSA) is 32.3 Å². The lowest BCUT2D eigenvalue weighted by Gasteiger charge is -2.30. The van der Waals surface area contributed by atoms with E-state index in [1.807, 2.05) is 14.0 Å². The molecule has 0 unspecified atom stereocenters. The number of likely N-dealkylation sites (N-methyl/N-ethyl adjacent to an activating group) is 1. The first kappa shape index (κ1) is 9.01. The van der Waals surface area contributed by atoms with Crippen LogP contribution < -0.4 is 5.32 Å². The van der Waals surface area contributed by atoms with Crippen molar-refractivity contribution in [2.75, 3.05) is 7.05 Å². The smallest absolute Gasteiger partial charge is 0.0771 e. The third-order valence-electron chi connectivity index (χ3n) is 2.77. The van der Waals surface area contributed by atoms with Gasteiger partial charge in [0.05, 0.1) is 5.60 Å². The van der Waals surface area contributed by atoms with E-state index in [4.69, 9.17) is 0 Å². The summed E-state index contributed by atoms with van der Waals surface area (Å²) in [6.07, 6.45) is 5.75. The van der Waals surface area contributed by atoms with E-state index < -0.39 is 5.60 Å². The number of aliphatic hydroxyl groups is 1. The molecule has 0 radical (unpaired) electrons. The first-order chi connectivity index (χ1) is 5.17. The highest BCUT2D eigenvalue weighted by Crippen LogP contribution is 2.26. The summed E-state index contributed by atoms with van der Waals surface area (Å²) in [7, 11) is 1.93. The first-order valence-corrected chi connectivity index (χ1v) is 4.56. The van der Waals surface area contributed by atoms with Gasteiger partial charge in [0.1, 0.15) is 0 Å². The number of rotatable bonds is 1. The zero-order chi connectivity index (χ0) is 8.32. The molecule has 0 aromatic rings. The Morgan fingerprint density at radius 1 is 1.36 bits per heavy atom. The molecule has 1 rings (SSSR count). The molecular weight excluding hydrogens is 138 g/mol. The van der Waals surface area contributed by atoms with Crippen LogP contribution in [0.25, 0.3) is 0 Å². The van der Waals surface area contributed by atoms with Crippen molar-refractivity contribution in [1.29, 1.82) is 0 Å². The van der Waals surface area contributed by atoms with Crippen LogP contribution in [-0.2, 0) is 0 Å². The van der Waals surface area contributed by atoms with Gasteiger partial charge in [-0.15, -0.1) is 0 Å². The predicted octanol–water partition coefficient (Wildman–Crippen LogP) is 1.29. The molecule has 0 saturated heterocycles. The standard InChI is InChI=1S/C9H19NO/c1-9(11)7-5-3-4-6-8(9)10-2/h8,10-11H,3-7H2,1-2H3/t8-,9+/m0/s1. The lowest BCUT2D eigenvalue weighted by Crippen LogP contribution is -2.46. The minimum atomic E-state index is -0.481. The van der Waals surface area contributed by atoms with Gasteiger partial charge in [0, 0.05) is 6.04 Å². The van der Waals surface area contributed by atoms with E-state index in [-0.39, 0.29) is 0 Å². The molecule has 2 heteroatoms. The third kappa shape index (κ3) is 2.17. The minimum Gasteiger partial charge on any atom is -0.389 e. The second kappa shape index (κ2) is 3.55. The Labute approximate surface area is 69.0 Å². The number of hydrogen-bond donors (Lipinski definition) is 2. The van der Waals surface area contributed by atoms with Crippen molar-refractivity contribution in [2.24, 2.45) is 0 Å². The molecule has 2 atom stereocenters. The fraction of sp³-hybridized carbons (Fsp3) is 1.00. The molecule has 1 fully saturated rings. The summed E-state index contributed by atoms with van der Waals surface area (Å²) in [4.78, 5) is 0. The molecule has 11 heavy (non-hydrogen) atoms. The van der Waals surface area contributed by atoms with Crippen molar-refractivity contribution >= 4 is 0 Å². The normalized spacial score (nSPS) is 40.1. The quantitative estimate of drug-likeness (QED) is 0.562. The fourth-order valence-corrected chi connectivity index (χ4v) is 1.95. The maximum absolute atomic E-state index is 9.95. The average Bonchev–Trinajstić information content (AvgIpc) is 2.10. The van der Waals surface area contributed by atoms with E-state index >= 15 is 0 Å². The second-order valence-corrected chi connectivity index (χ2v) is 3.80. The van der Waals surface area contributed by atoms with Crippen LogP contribution in [0.1, 0.15) is 39.0 Å². The Balaban J connectivity index is 2.56. The second-order valence-electron chi connectivity index (χ2n) is 3.80. The first-order valence-electron chi connectivity index (χ1n) is 4.56. The van der Waals surface area contributed by atoms with Gasteiger partial charge in [-0.1, -0.05) is 19.3 Å². The molecule has 2 N–H and O–H groups in total. The summed E-state index contributed by atoms with van der Waals surface area (Å²) in [6, 6.07) is 0.296. The number of nitrogens with one attached hydrogen (secondary N) is 1. The maximum atomic E-state index is 9.95. The maximum Gasteiger partial charge on any atom is 0.0771 e. The Bertz CT molecular complexity index is 123. The van der Waals surface area contributed by atoms with Crippen molar-refractivity contribution < 1.29 is 5.11 Å². The molecule has 0 heterocycles. The minimum absolute atomic E-state index is 0.296. The largest absolute Gasteiger partial charge is 0.389 e. The molecule has 0 aromatic heterocycles. The van der Waals surface area contributed by atoms with Gasteiger partial charge in [-0.05, 0) is 26.8 Å². The lowest BCUT2D eigenvalue weighted by molar-refractivity contribution is 0.0158. The van der Waals surface area contributed by atoms with E-state index in [2.05, 4.69) is 5.32 Å². The highest BCUT2D eigenvalue weighted by Gasteiger charge is 2.31. The van der Waals surface area contributed by atoms with E-state index in [9.17, 15) is 5.11 Å². The van der Waals surface area contributed by atoms with E-state index in [0.717, 1.165) is 12.8 Å². The van der Waals surface area contributed by atoms with Crippen LogP contribution in [0.4, 0.5) is 0 Å².